The molecule has 1 aromatic rings. The number of nitrogens with one attached hydrogen (secondary N) is 2. The number of likely N-dealkylation sites (N-methyl/N-ethyl adjacent to an activating group) is 1. The molecule has 1 aromatic heterocycles. The SMILES string of the molecule is CN(C)C(=O)CN=C(NCCc1cccs1)NCC1CCCS1. The van der Waals surface area contributed by atoms with Gasteiger partial charge in [0, 0.05) is 37.3 Å². The lowest BCUT2D eigenvalue weighted by atomic mass is 10.2. The molecule has 0 saturated carbocycles. The molecule has 1 fully saturated rings. The van der Waals surface area contributed by atoms with Crippen LogP contribution in [0.5, 0.6) is 0 Å². The first kappa shape index (κ1) is 18.1. The molecule has 0 aromatic carbocycles. The lowest BCUT2D eigenvalue weighted by Crippen LogP contribution is -2.41. The number of nitrogens with zero attached hydrogens (tertiary/aromatic N) is 2. The molecule has 2 N–H and O–H groups in total. The molecule has 1 amide bonds. The first-order chi connectivity index (χ1) is 11.1. The molecule has 0 radical (unpaired) electrons. The Morgan fingerprint density at radius 3 is 2.96 bits per heavy atom. The van der Waals surface area contributed by atoms with Gasteiger partial charge in [-0.15, -0.1) is 11.3 Å². The standard InChI is InChI=1S/C16H26N4OS2/c1-20(2)15(21)12-19-16(18-11-14-6-4-10-23-14)17-8-7-13-5-3-9-22-13/h3,5,9,14H,4,6-8,10-12H2,1-2H3,(H2,17,18,19). The van der Waals surface area contributed by atoms with Crippen LogP contribution >= 0.6 is 23.1 Å². The van der Waals surface area contributed by atoms with Crippen LogP contribution in [0, 0.1) is 0 Å². The summed E-state index contributed by atoms with van der Waals surface area (Å²) in [5.74, 6) is 2.01. The Morgan fingerprint density at radius 2 is 2.30 bits per heavy atom. The molecular weight excluding hydrogens is 328 g/mol. The van der Waals surface area contributed by atoms with Gasteiger partial charge in [-0.1, -0.05) is 6.07 Å². The summed E-state index contributed by atoms with van der Waals surface area (Å²) in [7, 11) is 3.51. The number of carbonyl (C=O) groups is 1. The second-order valence-electron chi connectivity index (χ2n) is 5.73. The number of thiophene rings is 1. The summed E-state index contributed by atoms with van der Waals surface area (Å²) in [6, 6.07) is 4.21. The third-order valence-electron chi connectivity index (χ3n) is 3.64. The van der Waals surface area contributed by atoms with E-state index in [0.717, 1.165) is 25.5 Å². The molecule has 2 heterocycles. The van der Waals surface area contributed by atoms with Gasteiger partial charge in [0.1, 0.15) is 6.54 Å². The summed E-state index contributed by atoms with van der Waals surface area (Å²) < 4.78 is 0. The van der Waals surface area contributed by atoms with Crippen LogP contribution in [0.25, 0.3) is 0 Å². The first-order valence-electron chi connectivity index (χ1n) is 8.01. The predicted molar refractivity (Wildman–Crippen MR) is 101 cm³/mol. The number of thioether (sulfide) groups is 1. The Bertz CT molecular complexity index is 496. The van der Waals surface area contributed by atoms with Crippen molar-refractivity contribution < 1.29 is 4.79 Å². The van der Waals surface area contributed by atoms with Crippen LogP contribution in [0.4, 0.5) is 0 Å². The Morgan fingerprint density at radius 1 is 1.43 bits per heavy atom. The van der Waals surface area contributed by atoms with Crippen molar-refractivity contribution in [3.63, 3.8) is 0 Å². The smallest absolute Gasteiger partial charge is 0.243 e. The van der Waals surface area contributed by atoms with E-state index in [9.17, 15) is 4.79 Å². The Labute approximate surface area is 146 Å². The van der Waals surface area contributed by atoms with Crippen molar-refractivity contribution in [2.24, 2.45) is 4.99 Å². The molecule has 23 heavy (non-hydrogen) atoms. The largest absolute Gasteiger partial charge is 0.356 e. The number of guanidine groups is 1. The van der Waals surface area contributed by atoms with Crippen molar-refractivity contribution in [2.75, 3.05) is 39.5 Å². The molecule has 2 rings (SSSR count). The summed E-state index contributed by atoms with van der Waals surface area (Å²) in [6.07, 6.45) is 3.53. The number of aliphatic imine (C=N–C) groups is 1. The minimum absolute atomic E-state index is 0.0135. The van der Waals surface area contributed by atoms with E-state index in [1.807, 2.05) is 11.8 Å². The van der Waals surface area contributed by atoms with Crippen molar-refractivity contribution in [2.45, 2.75) is 24.5 Å². The average Bonchev–Trinajstić information content (AvgIpc) is 3.22. The highest BCUT2D eigenvalue weighted by Crippen LogP contribution is 2.25. The first-order valence-corrected chi connectivity index (χ1v) is 9.94. The second kappa shape index (κ2) is 9.82. The zero-order valence-electron chi connectivity index (χ0n) is 13.9. The quantitative estimate of drug-likeness (QED) is 0.579. The summed E-state index contributed by atoms with van der Waals surface area (Å²) in [6.45, 7) is 1.91. The van der Waals surface area contributed by atoms with Gasteiger partial charge in [-0.2, -0.15) is 11.8 Å². The highest BCUT2D eigenvalue weighted by molar-refractivity contribution is 8.00. The van der Waals surface area contributed by atoms with Crippen LogP contribution in [0.15, 0.2) is 22.5 Å². The zero-order chi connectivity index (χ0) is 16.5. The molecule has 0 spiro atoms. The Hall–Kier alpha value is -1.21. The van der Waals surface area contributed by atoms with E-state index < -0.39 is 0 Å². The van der Waals surface area contributed by atoms with Crippen LogP contribution in [0.2, 0.25) is 0 Å². The normalized spacial score (nSPS) is 18.0. The minimum atomic E-state index is 0.0135. The molecule has 1 aliphatic heterocycles. The molecule has 7 heteroatoms. The van der Waals surface area contributed by atoms with Crippen LogP contribution in [0.3, 0.4) is 0 Å². The Kier molecular flexibility index (Phi) is 7.74. The number of rotatable bonds is 7. The van der Waals surface area contributed by atoms with Crippen molar-refractivity contribution in [3.05, 3.63) is 22.4 Å². The molecule has 1 saturated heterocycles. The maximum atomic E-state index is 11.7. The highest BCUT2D eigenvalue weighted by atomic mass is 32.2. The summed E-state index contributed by atoms with van der Waals surface area (Å²) in [5.41, 5.74) is 0. The molecule has 0 aliphatic carbocycles. The van der Waals surface area contributed by atoms with Gasteiger partial charge in [0.25, 0.3) is 0 Å². The maximum Gasteiger partial charge on any atom is 0.243 e. The Balaban J connectivity index is 1.81. The van der Waals surface area contributed by atoms with Gasteiger partial charge in [-0.25, -0.2) is 4.99 Å². The fraction of sp³-hybridized carbons (Fsp3) is 0.625. The lowest BCUT2D eigenvalue weighted by Gasteiger charge is -2.16. The average molecular weight is 355 g/mol. The third-order valence-corrected chi connectivity index (χ3v) is 5.97. The third kappa shape index (κ3) is 6.83. The molecule has 1 unspecified atom stereocenters. The minimum Gasteiger partial charge on any atom is -0.356 e. The molecule has 5 nitrogen and oxygen atoms in total. The lowest BCUT2D eigenvalue weighted by molar-refractivity contribution is -0.127. The second-order valence-corrected chi connectivity index (χ2v) is 8.17. The van der Waals surface area contributed by atoms with Crippen LogP contribution in [0.1, 0.15) is 17.7 Å². The van der Waals surface area contributed by atoms with Gasteiger partial charge in [0.15, 0.2) is 5.96 Å². The van der Waals surface area contributed by atoms with Gasteiger partial charge in [-0.05, 0) is 36.5 Å². The topological polar surface area (TPSA) is 56.7 Å². The van der Waals surface area contributed by atoms with E-state index in [4.69, 9.17) is 0 Å². The summed E-state index contributed by atoms with van der Waals surface area (Å²) in [4.78, 5) is 19.1. The number of hydrogen-bond acceptors (Lipinski definition) is 4. The zero-order valence-corrected chi connectivity index (χ0v) is 15.5. The molecular formula is C16H26N4OS2. The molecule has 128 valence electrons. The predicted octanol–water partition coefficient (Wildman–Crippen LogP) is 1.81. The highest BCUT2D eigenvalue weighted by Gasteiger charge is 2.15. The molecule has 1 aliphatic rings. The van der Waals surface area contributed by atoms with E-state index in [0.29, 0.717) is 5.25 Å². The fourth-order valence-corrected chi connectivity index (χ4v) is 4.15. The van der Waals surface area contributed by atoms with Crippen LogP contribution in [-0.4, -0.2) is 61.5 Å². The van der Waals surface area contributed by atoms with E-state index in [1.54, 1.807) is 30.3 Å². The monoisotopic (exact) mass is 354 g/mol. The fourth-order valence-electron chi connectivity index (χ4n) is 2.24. The van der Waals surface area contributed by atoms with E-state index in [1.165, 1.54) is 23.5 Å². The van der Waals surface area contributed by atoms with Crippen molar-refractivity contribution in [1.82, 2.24) is 15.5 Å². The van der Waals surface area contributed by atoms with Gasteiger partial charge in [0.2, 0.25) is 5.91 Å². The maximum absolute atomic E-state index is 11.7. The molecule has 1 atom stereocenters. The van der Waals surface area contributed by atoms with Crippen molar-refractivity contribution in [1.29, 1.82) is 0 Å². The van der Waals surface area contributed by atoms with Crippen molar-refractivity contribution >= 4 is 35.0 Å². The molecule has 0 bridgehead atoms. The number of hydrogen-bond donors (Lipinski definition) is 2. The van der Waals surface area contributed by atoms with E-state index in [-0.39, 0.29) is 12.5 Å². The van der Waals surface area contributed by atoms with Crippen LogP contribution < -0.4 is 10.6 Å². The van der Waals surface area contributed by atoms with Gasteiger partial charge in [0.05, 0.1) is 0 Å². The van der Waals surface area contributed by atoms with Crippen molar-refractivity contribution in [3.8, 4) is 0 Å². The van der Waals surface area contributed by atoms with Gasteiger partial charge in [-0.3, -0.25) is 4.79 Å². The van der Waals surface area contributed by atoms with E-state index in [2.05, 4.69) is 33.1 Å². The number of amides is 1. The number of carbonyl (C=O) groups excluding carboxylic acids is 1. The summed E-state index contributed by atoms with van der Waals surface area (Å²) in [5, 5.41) is 9.48. The summed E-state index contributed by atoms with van der Waals surface area (Å²) >= 11 is 3.78. The van der Waals surface area contributed by atoms with Crippen LogP contribution in [-0.2, 0) is 11.2 Å². The van der Waals surface area contributed by atoms with E-state index >= 15 is 0 Å². The van der Waals surface area contributed by atoms with Gasteiger partial charge < -0.3 is 15.5 Å². The van der Waals surface area contributed by atoms with Gasteiger partial charge >= 0.3 is 0 Å².